The predicted octanol–water partition coefficient (Wildman–Crippen LogP) is 2.35. The molecular formula is C12H28N2. The number of likely N-dealkylation sites (N-methyl/N-ethyl adjacent to an activating group) is 1. The first-order valence-corrected chi connectivity index (χ1v) is 5.81. The normalized spacial score (nSPS) is 12.9. The van der Waals surface area contributed by atoms with Crippen LogP contribution in [0.2, 0.25) is 0 Å². The van der Waals surface area contributed by atoms with Crippen molar-refractivity contribution in [3.05, 3.63) is 0 Å². The van der Waals surface area contributed by atoms with Gasteiger partial charge in [-0.15, -0.1) is 0 Å². The van der Waals surface area contributed by atoms with E-state index in [1.165, 1.54) is 13.0 Å². The summed E-state index contributed by atoms with van der Waals surface area (Å²) in [4.78, 5) is 2.39. The van der Waals surface area contributed by atoms with Crippen LogP contribution in [0.15, 0.2) is 0 Å². The van der Waals surface area contributed by atoms with Crippen LogP contribution in [-0.4, -0.2) is 37.1 Å². The highest BCUT2D eigenvalue weighted by Crippen LogP contribution is 2.05. The van der Waals surface area contributed by atoms with Gasteiger partial charge < -0.3 is 10.2 Å². The van der Waals surface area contributed by atoms with Crippen molar-refractivity contribution in [3.8, 4) is 0 Å². The minimum Gasteiger partial charge on any atom is -0.311 e. The van der Waals surface area contributed by atoms with Gasteiger partial charge in [0.1, 0.15) is 0 Å². The van der Waals surface area contributed by atoms with Crippen molar-refractivity contribution in [2.45, 2.75) is 46.6 Å². The van der Waals surface area contributed by atoms with Gasteiger partial charge in [-0.25, -0.2) is 0 Å². The summed E-state index contributed by atoms with van der Waals surface area (Å²) in [6, 6.07) is 0. The van der Waals surface area contributed by atoms with E-state index < -0.39 is 0 Å². The van der Waals surface area contributed by atoms with Gasteiger partial charge in [-0.3, -0.25) is 0 Å². The molecule has 0 aliphatic carbocycles. The lowest BCUT2D eigenvalue weighted by Crippen LogP contribution is -2.42. The third kappa shape index (κ3) is 7.34. The lowest BCUT2D eigenvalue weighted by Gasteiger charge is -2.27. The topological polar surface area (TPSA) is 15.3 Å². The molecule has 0 saturated heterocycles. The smallest absolute Gasteiger partial charge is 0.0123 e. The number of rotatable bonds is 7. The van der Waals surface area contributed by atoms with Gasteiger partial charge in [0.05, 0.1) is 0 Å². The van der Waals surface area contributed by atoms with Crippen molar-refractivity contribution >= 4 is 0 Å². The summed E-state index contributed by atoms with van der Waals surface area (Å²) in [6.45, 7) is 14.7. The van der Waals surface area contributed by atoms with Gasteiger partial charge in [0.2, 0.25) is 0 Å². The summed E-state index contributed by atoms with van der Waals surface area (Å²) in [5, 5.41) is 3.57. The van der Waals surface area contributed by atoms with E-state index >= 15 is 0 Å². The monoisotopic (exact) mass is 200 g/mol. The molecule has 1 N–H and O–H groups in total. The largest absolute Gasteiger partial charge is 0.311 e. The van der Waals surface area contributed by atoms with Crippen molar-refractivity contribution < 1.29 is 0 Å². The summed E-state index contributed by atoms with van der Waals surface area (Å²) < 4.78 is 0. The maximum absolute atomic E-state index is 3.57. The van der Waals surface area contributed by atoms with Crippen LogP contribution >= 0.6 is 0 Å². The number of nitrogens with zero attached hydrogens (tertiary/aromatic N) is 1. The highest BCUT2D eigenvalue weighted by atomic mass is 15.1. The minimum absolute atomic E-state index is 0.290. The van der Waals surface area contributed by atoms with Crippen LogP contribution in [0.5, 0.6) is 0 Å². The molecule has 2 heteroatoms. The zero-order chi connectivity index (χ0) is 11.2. The van der Waals surface area contributed by atoms with Crippen LogP contribution in [0.3, 0.4) is 0 Å². The Balaban J connectivity index is 3.53. The average Bonchev–Trinajstić information content (AvgIpc) is 2.02. The van der Waals surface area contributed by atoms with Gasteiger partial charge in [0.25, 0.3) is 0 Å². The summed E-state index contributed by atoms with van der Waals surface area (Å²) in [5.41, 5.74) is 0.290. The van der Waals surface area contributed by atoms with Gasteiger partial charge in [-0.2, -0.15) is 0 Å². The van der Waals surface area contributed by atoms with Gasteiger partial charge in [-0.1, -0.05) is 20.8 Å². The average molecular weight is 200 g/mol. The van der Waals surface area contributed by atoms with Crippen LogP contribution in [0, 0.1) is 5.92 Å². The Labute approximate surface area is 90.1 Å². The number of hydrogen-bond acceptors (Lipinski definition) is 2. The molecule has 0 spiro atoms. The lowest BCUT2D eigenvalue weighted by molar-refractivity contribution is 0.274. The maximum atomic E-state index is 3.57. The Morgan fingerprint density at radius 2 is 1.86 bits per heavy atom. The molecule has 0 aliphatic heterocycles. The second kappa shape index (κ2) is 6.41. The molecule has 0 aromatic carbocycles. The molecule has 0 bridgehead atoms. The molecule has 0 saturated carbocycles. The zero-order valence-corrected chi connectivity index (χ0v) is 10.9. The molecule has 0 radical (unpaired) electrons. The Morgan fingerprint density at radius 1 is 1.29 bits per heavy atom. The molecule has 0 aliphatic rings. The standard InChI is InChI=1S/C12H28N2/c1-7-12(4,5)13-8-9-14(6)10-11(2)3/h11,13H,7-10H2,1-6H3. The summed E-state index contributed by atoms with van der Waals surface area (Å²) in [6.07, 6.45) is 1.18. The summed E-state index contributed by atoms with van der Waals surface area (Å²) in [7, 11) is 2.20. The van der Waals surface area contributed by atoms with E-state index in [1.807, 2.05) is 0 Å². The van der Waals surface area contributed by atoms with Gasteiger partial charge in [-0.05, 0) is 33.2 Å². The number of nitrogens with one attached hydrogen (secondary N) is 1. The first-order chi connectivity index (χ1) is 6.37. The SMILES string of the molecule is CCC(C)(C)NCCN(C)CC(C)C. The molecule has 2 nitrogen and oxygen atoms in total. The van der Waals surface area contributed by atoms with Gasteiger partial charge in [0.15, 0.2) is 0 Å². The van der Waals surface area contributed by atoms with Crippen LogP contribution in [0.4, 0.5) is 0 Å². The molecule has 0 aromatic rings. The molecule has 0 fully saturated rings. The van der Waals surface area contributed by atoms with E-state index in [0.29, 0.717) is 5.54 Å². The first-order valence-electron chi connectivity index (χ1n) is 5.81. The van der Waals surface area contributed by atoms with Gasteiger partial charge in [0, 0.05) is 25.2 Å². The van der Waals surface area contributed by atoms with E-state index in [1.54, 1.807) is 0 Å². The van der Waals surface area contributed by atoms with Crippen molar-refractivity contribution in [1.29, 1.82) is 0 Å². The Bertz CT molecular complexity index is 141. The van der Waals surface area contributed by atoms with Gasteiger partial charge >= 0.3 is 0 Å². The van der Waals surface area contributed by atoms with Crippen LogP contribution in [0.1, 0.15) is 41.0 Å². The van der Waals surface area contributed by atoms with E-state index in [4.69, 9.17) is 0 Å². The molecule has 0 aromatic heterocycles. The van der Waals surface area contributed by atoms with E-state index in [9.17, 15) is 0 Å². The maximum Gasteiger partial charge on any atom is 0.0123 e. The first kappa shape index (κ1) is 13.9. The second-order valence-corrected chi connectivity index (χ2v) is 5.32. The fraction of sp³-hybridized carbons (Fsp3) is 1.00. The van der Waals surface area contributed by atoms with Crippen molar-refractivity contribution in [3.63, 3.8) is 0 Å². The quantitative estimate of drug-likeness (QED) is 0.678. The highest BCUT2D eigenvalue weighted by molar-refractivity contribution is 4.75. The molecule has 14 heavy (non-hydrogen) atoms. The van der Waals surface area contributed by atoms with E-state index in [0.717, 1.165) is 19.0 Å². The third-order valence-corrected chi connectivity index (χ3v) is 2.66. The highest BCUT2D eigenvalue weighted by Gasteiger charge is 2.13. The number of hydrogen-bond donors (Lipinski definition) is 1. The predicted molar refractivity (Wildman–Crippen MR) is 64.7 cm³/mol. The Hall–Kier alpha value is -0.0800. The fourth-order valence-corrected chi connectivity index (χ4v) is 1.42. The zero-order valence-electron chi connectivity index (χ0n) is 10.9. The van der Waals surface area contributed by atoms with E-state index in [2.05, 4.69) is 51.9 Å². The van der Waals surface area contributed by atoms with Crippen LogP contribution in [0.25, 0.3) is 0 Å². The Morgan fingerprint density at radius 3 is 2.29 bits per heavy atom. The fourth-order valence-electron chi connectivity index (χ4n) is 1.42. The molecular weight excluding hydrogens is 172 g/mol. The molecule has 0 amide bonds. The lowest BCUT2D eigenvalue weighted by atomic mass is 10.0. The third-order valence-electron chi connectivity index (χ3n) is 2.66. The molecule has 0 atom stereocenters. The summed E-state index contributed by atoms with van der Waals surface area (Å²) >= 11 is 0. The molecule has 0 heterocycles. The minimum atomic E-state index is 0.290. The Kier molecular flexibility index (Phi) is 6.38. The molecule has 86 valence electrons. The van der Waals surface area contributed by atoms with E-state index in [-0.39, 0.29) is 0 Å². The van der Waals surface area contributed by atoms with Crippen molar-refractivity contribution in [2.24, 2.45) is 5.92 Å². The second-order valence-electron chi connectivity index (χ2n) is 5.32. The van der Waals surface area contributed by atoms with Crippen molar-refractivity contribution in [2.75, 3.05) is 26.7 Å². The molecule has 0 unspecified atom stereocenters. The molecule has 0 rings (SSSR count). The van der Waals surface area contributed by atoms with Crippen molar-refractivity contribution in [1.82, 2.24) is 10.2 Å². The summed E-state index contributed by atoms with van der Waals surface area (Å²) in [5.74, 6) is 0.763. The van der Waals surface area contributed by atoms with Crippen LogP contribution < -0.4 is 5.32 Å². The van der Waals surface area contributed by atoms with Crippen LogP contribution in [-0.2, 0) is 0 Å².